The zero-order chi connectivity index (χ0) is 16.3. The van der Waals surface area contributed by atoms with Crippen molar-refractivity contribution in [1.82, 2.24) is 10.2 Å². The summed E-state index contributed by atoms with van der Waals surface area (Å²) in [5, 5.41) is 2.35. The molecular formula is C15H22ClFN2O3S. The molecular weight excluding hydrogens is 343 g/mol. The molecule has 1 fully saturated rings. The average Bonchev–Trinajstić information content (AvgIpc) is 2.48. The molecule has 2 atom stereocenters. The SMILES string of the molecule is CC1CNCCN1C(=O)CC(C)S(=O)(=O)c1ccc(F)cc1.Cl. The van der Waals surface area contributed by atoms with E-state index < -0.39 is 20.9 Å². The van der Waals surface area contributed by atoms with Crippen LogP contribution in [0.3, 0.4) is 0 Å². The lowest BCUT2D eigenvalue weighted by molar-refractivity contribution is -0.133. The van der Waals surface area contributed by atoms with Gasteiger partial charge in [-0.25, -0.2) is 12.8 Å². The maximum absolute atomic E-state index is 12.9. The molecule has 23 heavy (non-hydrogen) atoms. The van der Waals surface area contributed by atoms with E-state index in [1.165, 1.54) is 19.1 Å². The Morgan fingerprint density at radius 3 is 2.57 bits per heavy atom. The summed E-state index contributed by atoms with van der Waals surface area (Å²) in [7, 11) is -3.64. The van der Waals surface area contributed by atoms with Crippen LogP contribution >= 0.6 is 12.4 Å². The molecule has 2 rings (SSSR count). The fourth-order valence-corrected chi connectivity index (χ4v) is 3.88. The predicted octanol–water partition coefficient (Wildman–Crippen LogP) is 1.62. The van der Waals surface area contributed by atoms with E-state index in [1.54, 1.807) is 4.90 Å². The monoisotopic (exact) mass is 364 g/mol. The molecule has 8 heteroatoms. The summed E-state index contributed by atoms with van der Waals surface area (Å²) < 4.78 is 37.8. The number of piperazine rings is 1. The minimum atomic E-state index is -3.64. The van der Waals surface area contributed by atoms with E-state index in [9.17, 15) is 17.6 Å². The normalized spacial score (nSPS) is 19.8. The number of carbonyl (C=O) groups excluding carboxylic acids is 1. The van der Waals surface area contributed by atoms with Crippen LogP contribution < -0.4 is 5.32 Å². The largest absolute Gasteiger partial charge is 0.337 e. The smallest absolute Gasteiger partial charge is 0.224 e. The van der Waals surface area contributed by atoms with Gasteiger partial charge in [0.2, 0.25) is 5.91 Å². The first-order valence-electron chi connectivity index (χ1n) is 7.32. The minimum absolute atomic E-state index is 0. The quantitative estimate of drug-likeness (QED) is 0.824. The third-order valence-corrected chi connectivity index (χ3v) is 6.11. The molecule has 0 aromatic heterocycles. The lowest BCUT2D eigenvalue weighted by Crippen LogP contribution is -2.52. The van der Waals surface area contributed by atoms with Crippen LogP contribution in [-0.4, -0.2) is 50.2 Å². The van der Waals surface area contributed by atoms with Crippen molar-refractivity contribution in [2.45, 2.75) is 36.5 Å². The number of sulfone groups is 1. The molecule has 5 nitrogen and oxygen atoms in total. The van der Waals surface area contributed by atoms with E-state index >= 15 is 0 Å². The number of amides is 1. The van der Waals surface area contributed by atoms with E-state index in [2.05, 4.69) is 5.32 Å². The van der Waals surface area contributed by atoms with Gasteiger partial charge in [0.25, 0.3) is 0 Å². The van der Waals surface area contributed by atoms with Gasteiger partial charge in [-0.1, -0.05) is 0 Å². The van der Waals surface area contributed by atoms with Gasteiger partial charge in [0.1, 0.15) is 5.82 Å². The van der Waals surface area contributed by atoms with Crippen molar-refractivity contribution >= 4 is 28.2 Å². The molecule has 1 aromatic rings. The number of nitrogens with one attached hydrogen (secondary N) is 1. The van der Waals surface area contributed by atoms with Crippen molar-refractivity contribution in [2.24, 2.45) is 0 Å². The predicted molar refractivity (Wildman–Crippen MR) is 89.0 cm³/mol. The van der Waals surface area contributed by atoms with E-state index in [0.717, 1.165) is 18.7 Å². The molecule has 1 heterocycles. The van der Waals surface area contributed by atoms with Gasteiger partial charge in [0.05, 0.1) is 10.1 Å². The maximum Gasteiger partial charge on any atom is 0.224 e. The minimum Gasteiger partial charge on any atom is -0.337 e. The van der Waals surface area contributed by atoms with E-state index in [0.29, 0.717) is 13.1 Å². The number of nitrogens with zero attached hydrogens (tertiary/aromatic N) is 1. The number of hydrogen-bond acceptors (Lipinski definition) is 4. The molecule has 0 saturated carbocycles. The van der Waals surface area contributed by atoms with Gasteiger partial charge in [-0.2, -0.15) is 0 Å². The highest BCUT2D eigenvalue weighted by atomic mass is 35.5. The molecule has 2 unspecified atom stereocenters. The summed E-state index contributed by atoms with van der Waals surface area (Å²) in [6, 6.07) is 4.75. The first-order chi connectivity index (χ1) is 10.3. The van der Waals surface area contributed by atoms with Gasteiger partial charge in [-0.05, 0) is 38.1 Å². The molecule has 130 valence electrons. The van der Waals surface area contributed by atoms with Gasteiger partial charge in [0.15, 0.2) is 9.84 Å². The summed E-state index contributed by atoms with van der Waals surface area (Å²) in [4.78, 5) is 14.1. The maximum atomic E-state index is 12.9. The molecule has 1 aromatic carbocycles. The number of benzene rings is 1. The highest BCUT2D eigenvalue weighted by Crippen LogP contribution is 2.20. The van der Waals surface area contributed by atoms with Gasteiger partial charge in [0, 0.05) is 32.1 Å². The summed E-state index contributed by atoms with van der Waals surface area (Å²) in [6.45, 7) is 5.47. The lowest BCUT2D eigenvalue weighted by atomic mass is 10.2. The van der Waals surface area contributed by atoms with Crippen molar-refractivity contribution in [3.63, 3.8) is 0 Å². The van der Waals surface area contributed by atoms with Crippen LogP contribution in [0.5, 0.6) is 0 Å². The standard InChI is InChI=1S/C15H21FN2O3S.ClH/c1-11-10-17-7-8-18(11)15(19)9-12(2)22(20,21)14-5-3-13(16)4-6-14;/h3-6,11-12,17H,7-10H2,1-2H3;1H. The van der Waals surface area contributed by atoms with E-state index in [1.807, 2.05) is 6.92 Å². The molecule has 0 spiro atoms. The summed E-state index contributed by atoms with van der Waals surface area (Å²) in [6.07, 6.45) is -0.0654. The topological polar surface area (TPSA) is 66.5 Å². The first kappa shape index (κ1) is 19.9. The highest BCUT2D eigenvalue weighted by Gasteiger charge is 2.30. The van der Waals surface area contributed by atoms with Crippen molar-refractivity contribution in [3.05, 3.63) is 30.1 Å². The van der Waals surface area contributed by atoms with Crippen molar-refractivity contribution in [2.75, 3.05) is 19.6 Å². The van der Waals surface area contributed by atoms with Crippen molar-refractivity contribution in [1.29, 1.82) is 0 Å². The Morgan fingerprint density at radius 2 is 2.00 bits per heavy atom. The molecule has 1 amide bonds. The van der Waals surface area contributed by atoms with Gasteiger partial charge < -0.3 is 10.2 Å². The zero-order valence-corrected chi connectivity index (χ0v) is 14.8. The molecule has 1 aliphatic heterocycles. The summed E-state index contributed by atoms with van der Waals surface area (Å²) in [5.74, 6) is -0.649. The summed E-state index contributed by atoms with van der Waals surface area (Å²) in [5.41, 5.74) is 0. The fourth-order valence-electron chi connectivity index (χ4n) is 2.54. The van der Waals surface area contributed by atoms with Crippen molar-refractivity contribution < 1.29 is 17.6 Å². The van der Waals surface area contributed by atoms with Crippen LogP contribution in [0.2, 0.25) is 0 Å². The summed E-state index contributed by atoms with van der Waals surface area (Å²) >= 11 is 0. The molecule has 0 radical (unpaired) electrons. The average molecular weight is 365 g/mol. The Hall–Kier alpha value is -1.18. The van der Waals surface area contributed by atoms with Gasteiger partial charge in [-0.3, -0.25) is 4.79 Å². The van der Waals surface area contributed by atoms with Gasteiger partial charge in [-0.15, -0.1) is 12.4 Å². The molecule has 0 aliphatic carbocycles. The van der Waals surface area contributed by atoms with Crippen LogP contribution in [0.4, 0.5) is 4.39 Å². The lowest BCUT2D eigenvalue weighted by Gasteiger charge is -2.34. The Kier molecular flexibility index (Phi) is 6.98. The third-order valence-electron chi connectivity index (χ3n) is 3.96. The van der Waals surface area contributed by atoms with E-state index in [4.69, 9.17) is 0 Å². The van der Waals surface area contributed by atoms with Crippen LogP contribution in [0.25, 0.3) is 0 Å². The molecule has 0 bridgehead atoms. The Labute approximate surface area is 142 Å². The number of carbonyl (C=O) groups is 1. The second kappa shape index (κ2) is 8.08. The first-order valence-corrected chi connectivity index (χ1v) is 8.86. The van der Waals surface area contributed by atoms with E-state index in [-0.39, 0.29) is 35.7 Å². The number of hydrogen-bond donors (Lipinski definition) is 1. The molecule has 1 saturated heterocycles. The number of rotatable bonds is 4. The Balaban J connectivity index is 0.00000264. The van der Waals surface area contributed by atoms with Gasteiger partial charge >= 0.3 is 0 Å². The fraction of sp³-hybridized carbons (Fsp3) is 0.533. The van der Waals surface area contributed by atoms with Crippen LogP contribution in [-0.2, 0) is 14.6 Å². The van der Waals surface area contributed by atoms with Crippen LogP contribution in [0, 0.1) is 5.82 Å². The second-order valence-electron chi connectivity index (χ2n) is 5.65. The second-order valence-corrected chi connectivity index (χ2v) is 8.02. The van der Waals surface area contributed by atoms with Crippen molar-refractivity contribution in [3.8, 4) is 0 Å². The Bertz CT molecular complexity index is 637. The molecule has 1 N–H and O–H groups in total. The van der Waals surface area contributed by atoms with Crippen LogP contribution in [0.15, 0.2) is 29.2 Å². The van der Waals surface area contributed by atoms with Crippen LogP contribution in [0.1, 0.15) is 20.3 Å². The third kappa shape index (κ3) is 4.65. The Morgan fingerprint density at radius 1 is 1.39 bits per heavy atom. The highest BCUT2D eigenvalue weighted by molar-refractivity contribution is 7.92. The molecule has 1 aliphatic rings. The zero-order valence-electron chi connectivity index (χ0n) is 13.2. The number of halogens is 2.